The number of benzene rings is 1. The van der Waals surface area contributed by atoms with Gasteiger partial charge in [0.15, 0.2) is 0 Å². The van der Waals surface area contributed by atoms with Gasteiger partial charge >= 0.3 is 0 Å². The molecule has 0 amide bonds. The van der Waals surface area contributed by atoms with Crippen LogP contribution in [0.2, 0.25) is 0 Å². The first kappa shape index (κ1) is 16.7. The van der Waals surface area contributed by atoms with Crippen molar-refractivity contribution in [3.05, 3.63) is 47.5 Å². The zero-order valence-electron chi connectivity index (χ0n) is 14.9. The highest BCUT2D eigenvalue weighted by Gasteiger charge is 2.34. The minimum Gasteiger partial charge on any atom is -0.396 e. The van der Waals surface area contributed by atoms with Crippen molar-refractivity contribution in [3.63, 3.8) is 0 Å². The summed E-state index contributed by atoms with van der Waals surface area (Å²) < 4.78 is 2.32. The molecule has 0 bridgehead atoms. The van der Waals surface area contributed by atoms with E-state index in [2.05, 4.69) is 50.0 Å². The van der Waals surface area contributed by atoms with Gasteiger partial charge in [0, 0.05) is 19.6 Å². The van der Waals surface area contributed by atoms with Crippen LogP contribution < -0.4 is 0 Å². The lowest BCUT2D eigenvalue weighted by atomic mass is 9.74. The Labute approximate surface area is 149 Å². The summed E-state index contributed by atoms with van der Waals surface area (Å²) in [6.07, 6.45) is 6.60. The summed E-state index contributed by atoms with van der Waals surface area (Å²) in [5.74, 6) is 2.28. The molecule has 1 saturated heterocycles. The molecule has 1 aromatic carbocycles. The fraction of sp³-hybridized carbons (Fsp3) is 0.600. The second-order valence-electron chi connectivity index (χ2n) is 7.74. The lowest BCUT2D eigenvalue weighted by Crippen LogP contribution is -2.43. The Kier molecular flexibility index (Phi) is 4.86. The van der Waals surface area contributed by atoms with Crippen molar-refractivity contribution < 1.29 is 5.11 Å². The van der Waals surface area contributed by atoms with Gasteiger partial charge in [-0.1, -0.05) is 30.3 Å². The number of hydrogen-bond acceptors (Lipinski definition) is 4. The van der Waals surface area contributed by atoms with E-state index in [-0.39, 0.29) is 12.0 Å². The average molecular weight is 340 g/mol. The predicted octanol–water partition coefficient (Wildman–Crippen LogP) is 2.43. The summed E-state index contributed by atoms with van der Waals surface area (Å²) in [5, 5.41) is 18.9. The van der Waals surface area contributed by atoms with E-state index in [0.717, 1.165) is 63.5 Å². The summed E-state index contributed by atoms with van der Waals surface area (Å²) in [4.78, 5) is 2.48. The van der Waals surface area contributed by atoms with Gasteiger partial charge in [0.1, 0.15) is 11.6 Å². The maximum Gasteiger partial charge on any atom is 0.147 e. The summed E-state index contributed by atoms with van der Waals surface area (Å²) >= 11 is 0. The number of aliphatic hydroxyl groups is 1. The SMILES string of the molecule is OCC1(Cc2ccccc2)CCN(Cc2nnc3n2CCCC3)CC1. The molecule has 2 aromatic rings. The largest absolute Gasteiger partial charge is 0.396 e. The van der Waals surface area contributed by atoms with Crippen LogP contribution in [0.15, 0.2) is 30.3 Å². The number of likely N-dealkylation sites (tertiary alicyclic amines) is 1. The normalized spacial score (nSPS) is 20.4. The van der Waals surface area contributed by atoms with Gasteiger partial charge in [-0.25, -0.2) is 0 Å². The summed E-state index contributed by atoms with van der Waals surface area (Å²) in [5.41, 5.74) is 1.36. The highest BCUT2D eigenvalue weighted by Crippen LogP contribution is 2.35. The molecular weight excluding hydrogens is 312 g/mol. The Morgan fingerprint density at radius 2 is 1.80 bits per heavy atom. The van der Waals surface area contributed by atoms with E-state index in [1.807, 2.05) is 0 Å². The molecule has 0 aliphatic carbocycles. The number of aromatic nitrogens is 3. The van der Waals surface area contributed by atoms with Crippen molar-refractivity contribution >= 4 is 0 Å². The lowest BCUT2D eigenvalue weighted by Gasteiger charge is -2.41. The standard InChI is InChI=1S/C20H28N4O/c25-16-20(14-17-6-2-1-3-7-17)9-12-23(13-10-20)15-19-22-21-18-8-4-5-11-24(18)19/h1-3,6-7,25H,4-5,8-16H2. The number of piperidine rings is 1. The summed E-state index contributed by atoms with van der Waals surface area (Å²) in [7, 11) is 0. The Hall–Kier alpha value is -1.72. The molecule has 2 aliphatic rings. The van der Waals surface area contributed by atoms with Crippen LogP contribution in [0.5, 0.6) is 0 Å². The third kappa shape index (κ3) is 3.62. The third-order valence-corrected chi connectivity index (χ3v) is 5.98. The predicted molar refractivity (Wildman–Crippen MR) is 97.1 cm³/mol. The van der Waals surface area contributed by atoms with Gasteiger partial charge < -0.3 is 9.67 Å². The van der Waals surface area contributed by atoms with Gasteiger partial charge in [-0.15, -0.1) is 10.2 Å². The van der Waals surface area contributed by atoms with Gasteiger partial charge in [0.2, 0.25) is 0 Å². The molecule has 4 rings (SSSR count). The molecule has 25 heavy (non-hydrogen) atoms. The molecule has 0 atom stereocenters. The van der Waals surface area contributed by atoms with E-state index in [4.69, 9.17) is 0 Å². The van der Waals surface area contributed by atoms with Gasteiger partial charge in [-0.2, -0.15) is 0 Å². The Balaban J connectivity index is 1.38. The van der Waals surface area contributed by atoms with Crippen molar-refractivity contribution in [2.45, 2.75) is 51.6 Å². The molecular formula is C20H28N4O. The maximum atomic E-state index is 10.1. The molecule has 134 valence electrons. The lowest BCUT2D eigenvalue weighted by molar-refractivity contribution is 0.0400. The third-order valence-electron chi connectivity index (χ3n) is 5.98. The number of aryl methyl sites for hydroxylation is 1. The Morgan fingerprint density at radius 3 is 2.56 bits per heavy atom. The van der Waals surface area contributed by atoms with Crippen LogP contribution in [0.25, 0.3) is 0 Å². The topological polar surface area (TPSA) is 54.2 Å². The van der Waals surface area contributed by atoms with Crippen LogP contribution in [0.3, 0.4) is 0 Å². The molecule has 1 fully saturated rings. The van der Waals surface area contributed by atoms with E-state index in [9.17, 15) is 5.11 Å². The Bertz CT molecular complexity index is 689. The minimum absolute atomic E-state index is 0.0299. The first-order valence-electron chi connectivity index (χ1n) is 9.56. The van der Waals surface area contributed by atoms with Crippen LogP contribution in [-0.2, 0) is 25.9 Å². The molecule has 0 saturated carbocycles. The van der Waals surface area contributed by atoms with Crippen molar-refractivity contribution in [1.82, 2.24) is 19.7 Å². The second-order valence-corrected chi connectivity index (χ2v) is 7.74. The van der Waals surface area contributed by atoms with E-state index >= 15 is 0 Å². The van der Waals surface area contributed by atoms with Crippen LogP contribution in [0.4, 0.5) is 0 Å². The maximum absolute atomic E-state index is 10.1. The van der Waals surface area contributed by atoms with E-state index in [0.29, 0.717) is 0 Å². The fourth-order valence-electron chi connectivity index (χ4n) is 4.29. The quantitative estimate of drug-likeness (QED) is 0.908. The number of nitrogens with zero attached hydrogens (tertiary/aromatic N) is 4. The molecule has 0 spiro atoms. The van der Waals surface area contributed by atoms with Crippen LogP contribution in [0.1, 0.15) is 42.9 Å². The van der Waals surface area contributed by atoms with Crippen molar-refractivity contribution in [1.29, 1.82) is 0 Å². The minimum atomic E-state index is 0.0299. The first-order valence-corrected chi connectivity index (χ1v) is 9.56. The zero-order chi connectivity index (χ0) is 17.1. The van der Waals surface area contributed by atoms with E-state index in [1.165, 1.54) is 18.4 Å². The van der Waals surface area contributed by atoms with Gasteiger partial charge in [0.25, 0.3) is 0 Å². The molecule has 1 N–H and O–H groups in total. The van der Waals surface area contributed by atoms with Crippen molar-refractivity contribution in [2.24, 2.45) is 5.41 Å². The average Bonchev–Trinajstić information content (AvgIpc) is 3.07. The van der Waals surface area contributed by atoms with Crippen LogP contribution in [0, 0.1) is 5.41 Å². The molecule has 0 unspecified atom stereocenters. The molecule has 2 aliphatic heterocycles. The first-order chi connectivity index (χ1) is 12.3. The van der Waals surface area contributed by atoms with Gasteiger partial charge in [0.05, 0.1) is 6.54 Å². The Morgan fingerprint density at radius 1 is 1.00 bits per heavy atom. The van der Waals surface area contributed by atoms with Crippen LogP contribution in [-0.4, -0.2) is 44.5 Å². The second kappa shape index (κ2) is 7.26. The van der Waals surface area contributed by atoms with Gasteiger partial charge in [-0.05, 0) is 56.2 Å². The molecule has 1 aromatic heterocycles. The highest BCUT2D eigenvalue weighted by molar-refractivity contribution is 5.17. The molecule has 0 radical (unpaired) electrons. The number of fused-ring (bicyclic) bond motifs is 1. The van der Waals surface area contributed by atoms with E-state index in [1.54, 1.807) is 0 Å². The monoisotopic (exact) mass is 340 g/mol. The van der Waals surface area contributed by atoms with Crippen molar-refractivity contribution in [3.8, 4) is 0 Å². The van der Waals surface area contributed by atoms with Gasteiger partial charge in [-0.3, -0.25) is 4.90 Å². The highest BCUT2D eigenvalue weighted by atomic mass is 16.3. The molecule has 5 heteroatoms. The molecule has 5 nitrogen and oxygen atoms in total. The number of aliphatic hydroxyl groups excluding tert-OH is 1. The smallest absolute Gasteiger partial charge is 0.147 e. The fourth-order valence-corrected chi connectivity index (χ4v) is 4.29. The van der Waals surface area contributed by atoms with Crippen LogP contribution >= 0.6 is 0 Å². The summed E-state index contributed by atoms with van der Waals surface area (Å²) in [6.45, 7) is 4.28. The summed E-state index contributed by atoms with van der Waals surface area (Å²) in [6, 6.07) is 10.6. The zero-order valence-corrected chi connectivity index (χ0v) is 14.9. The van der Waals surface area contributed by atoms with E-state index < -0.39 is 0 Å². The number of rotatable bonds is 5. The molecule has 3 heterocycles. The van der Waals surface area contributed by atoms with Crippen molar-refractivity contribution in [2.75, 3.05) is 19.7 Å². The number of hydrogen-bond donors (Lipinski definition) is 1.